The molecule has 0 radical (unpaired) electrons. The summed E-state index contributed by atoms with van der Waals surface area (Å²) in [5.41, 5.74) is 14.3. The van der Waals surface area contributed by atoms with Crippen molar-refractivity contribution in [3.63, 3.8) is 0 Å². The number of para-hydroxylation sites is 2. The maximum absolute atomic E-state index is 6.64. The van der Waals surface area contributed by atoms with Gasteiger partial charge in [0.05, 0.1) is 0 Å². The molecule has 192 valence electrons. The number of hydrogen-bond donors (Lipinski definition) is 0. The molecule has 7 rings (SSSR count). The molecular formula is C36H33BO2. The third kappa shape index (κ3) is 4.40. The van der Waals surface area contributed by atoms with E-state index in [-0.39, 0.29) is 0 Å². The molecule has 1 aliphatic heterocycles. The van der Waals surface area contributed by atoms with Gasteiger partial charge in [0, 0.05) is 5.46 Å². The smallest absolute Gasteiger partial charge is 0.519 e. The van der Waals surface area contributed by atoms with Gasteiger partial charge in [0.1, 0.15) is 11.5 Å². The Bertz CT molecular complexity index is 1490. The summed E-state index contributed by atoms with van der Waals surface area (Å²) < 4.78 is 13.3. The van der Waals surface area contributed by atoms with Crippen LogP contribution in [0.3, 0.4) is 0 Å². The molecule has 4 aromatic rings. The lowest BCUT2D eigenvalue weighted by atomic mass is 9.66. The van der Waals surface area contributed by atoms with Gasteiger partial charge in [-0.1, -0.05) is 90.0 Å². The molecule has 0 unspecified atom stereocenters. The lowest BCUT2D eigenvalue weighted by Crippen LogP contribution is -2.44. The van der Waals surface area contributed by atoms with E-state index >= 15 is 0 Å². The van der Waals surface area contributed by atoms with Gasteiger partial charge >= 0.3 is 7.12 Å². The highest BCUT2D eigenvalue weighted by molar-refractivity contribution is 6.66. The Morgan fingerprint density at radius 1 is 0.590 bits per heavy atom. The summed E-state index contributed by atoms with van der Waals surface area (Å²) in [5.74, 6) is 1.63. The Labute approximate surface area is 232 Å². The molecule has 0 N–H and O–H groups in total. The number of rotatable bonds is 3. The normalized spacial score (nSPS) is 16.0. The third-order valence-electron chi connectivity index (χ3n) is 8.34. The predicted molar refractivity (Wildman–Crippen MR) is 162 cm³/mol. The second-order valence-electron chi connectivity index (χ2n) is 11.1. The van der Waals surface area contributed by atoms with Crippen LogP contribution in [-0.4, -0.2) is 7.12 Å². The van der Waals surface area contributed by atoms with E-state index in [0.29, 0.717) is 0 Å². The maximum Gasteiger partial charge on any atom is 0.634 e. The second kappa shape index (κ2) is 9.96. The number of fused-ring (bicyclic) bond motifs is 3. The molecule has 0 spiro atoms. The van der Waals surface area contributed by atoms with Crippen LogP contribution in [0.1, 0.15) is 70.2 Å². The predicted octanol–water partition coefficient (Wildman–Crippen LogP) is 8.01. The van der Waals surface area contributed by atoms with E-state index in [0.717, 1.165) is 50.0 Å². The van der Waals surface area contributed by atoms with Gasteiger partial charge in [0.25, 0.3) is 0 Å². The molecule has 0 amide bonds. The first kappa shape index (κ1) is 24.1. The zero-order valence-corrected chi connectivity index (χ0v) is 22.8. The number of allylic oxidation sites excluding steroid dienone is 2. The van der Waals surface area contributed by atoms with Gasteiger partial charge in [-0.25, -0.2) is 0 Å². The number of aryl methyl sites for hydroxylation is 4. The summed E-state index contributed by atoms with van der Waals surface area (Å²) in [7, 11) is -0.495. The third-order valence-corrected chi connectivity index (χ3v) is 8.34. The van der Waals surface area contributed by atoms with Crippen molar-refractivity contribution in [1.29, 1.82) is 0 Å². The summed E-state index contributed by atoms with van der Waals surface area (Å²) >= 11 is 0. The molecule has 0 atom stereocenters. The SMILES string of the molecule is Cc1ccc(C2=CCCCc3cc4c(c(B5Oc6ccccc6O5)c32)C(c2ccc(C)cc2)=CCCC4)cc1. The number of hydrogen-bond acceptors (Lipinski definition) is 2. The lowest BCUT2D eigenvalue weighted by molar-refractivity contribution is 0.518. The van der Waals surface area contributed by atoms with E-state index in [2.05, 4.69) is 80.6 Å². The molecule has 0 saturated heterocycles. The van der Waals surface area contributed by atoms with Crippen molar-refractivity contribution in [2.24, 2.45) is 0 Å². The molecule has 1 heterocycles. The molecule has 3 heteroatoms. The van der Waals surface area contributed by atoms with Crippen LogP contribution < -0.4 is 14.8 Å². The van der Waals surface area contributed by atoms with Crippen LogP contribution in [0.25, 0.3) is 11.1 Å². The highest BCUT2D eigenvalue weighted by atomic mass is 16.6. The molecule has 0 fully saturated rings. The molecule has 2 nitrogen and oxygen atoms in total. The molecule has 0 bridgehead atoms. The molecule has 39 heavy (non-hydrogen) atoms. The summed E-state index contributed by atoms with van der Waals surface area (Å²) in [6, 6.07) is 28.6. The fourth-order valence-electron chi connectivity index (χ4n) is 6.38. The topological polar surface area (TPSA) is 18.5 Å². The van der Waals surface area contributed by atoms with Crippen LogP contribution in [0.15, 0.2) is 91.0 Å². The Hall–Kier alpha value is -3.98. The van der Waals surface area contributed by atoms with E-state index in [4.69, 9.17) is 9.31 Å². The Kier molecular flexibility index (Phi) is 6.16. The average Bonchev–Trinajstić information content (AvgIpc) is 3.12. The van der Waals surface area contributed by atoms with Gasteiger partial charge in [0.15, 0.2) is 0 Å². The van der Waals surface area contributed by atoms with Crippen LogP contribution in [0.5, 0.6) is 11.5 Å². The first-order valence-corrected chi connectivity index (χ1v) is 14.3. The van der Waals surface area contributed by atoms with Crippen molar-refractivity contribution in [2.75, 3.05) is 0 Å². The van der Waals surface area contributed by atoms with Gasteiger partial charge in [-0.2, -0.15) is 0 Å². The zero-order valence-electron chi connectivity index (χ0n) is 22.8. The molecule has 3 aliphatic rings. The fourth-order valence-corrected chi connectivity index (χ4v) is 6.38. The minimum absolute atomic E-state index is 0.495. The minimum atomic E-state index is -0.495. The summed E-state index contributed by atoms with van der Waals surface area (Å²) in [4.78, 5) is 0. The Morgan fingerprint density at radius 2 is 1.05 bits per heavy atom. The maximum atomic E-state index is 6.64. The van der Waals surface area contributed by atoms with Crippen LogP contribution in [0.4, 0.5) is 0 Å². The average molecular weight is 508 g/mol. The van der Waals surface area contributed by atoms with Gasteiger partial charge in [-0.15, -0.1) is 0 Å². The minimum Gasteiger partial charge on any atom is -0.519 e. The van der Waals surface area contributed by atoms with Crippen molar-refractivity contribution in [2.45, 2.75) is 52.4 Å². The van der Waals surface area contributed by atoms with Crippen LogP contribution >= 0.6 is 0 Å². The van der Waals surface area contributed by atoms with Gasteiger partial charge in [-0.3, -0.25) is 0 Å². The first-order valence-electron chi connectivity index (χ1n) is 14.3. The largest absolute Gasteiger partial charge is 0.634 e. The van der Waals surface area contributed by atoms with Crippen molar-refractivity contribution in [3.05, 3.63) is 136 Å². The Balaban J connectivity index is 1.52. The summed E-state index contributed by atoms with van der Waals surface area (Å²) in [6.07, 6.45) is 11.4. The standard InChI is InChI=1S/C36H33BO2/c1-24-15-19-26(20-16-24)30-11-5-3-9-28-23-29-10-4-6-12-31(27-21-17-25(2)18-22-27)35(29)36(34(28)30)37-38-32-13-7-8-14-33(32)39-37/h7-8,11-23H,3-6,9-10H2,1-2H3. The number of benzene rings is 4. The molecule has 0 aromatic heterocycles. The van der Waals surface area contributed by atoms with Crippen LogP contribution in [0.2, 0.25) is 0 Å². The second-order valence-corrected chi connectivity index (χ2v) is 11.1. The van der Waals surface area contributed by atoms with Gasteiger partial charge in [0.2, 0.25) is 0 Å². The van der Waals surface area contributed by atoms with Crippen LogP contribution in [0, 0.1) is 13.8 Å². The highest BCUT2D eigenvalue weighted by Gasteiger charge is 2.41. The van der Waals surface area contributed by atoms with Crippen molar-refractivity contribution < 1.29 is 9.31 Å². The summed E-state index contributed by atoms with van der Waals surface area (Å²) in [5, 5.41) is 0. The van der Waals surface area contributed by atoms with Crippen molar-refractivity contribution >= 4 is 23.7 Å². The quantitative estimate of drug-likeness (QED) is 0.261. The monoisotopic (exact) mass is 508 g/mol. The van der Waals surface area contributed by atoms with Gasteiger partial charge in [-0.05, 0) is 109 Å². The van der Waals surface area contributed by atoms with E-state index in [1.807, 2.05) is 24.3 Å². The van der Waals surface area contributed by atoms with E-state index in [9.17, 15) is 0 Å². The van der Waals surface area contributed by atoms with E-state index in [1.165, 1.54) is 61.1 Å². The lowest BCUT2D eigenvalue weighted by Gasteiger charge is -2.25. The van der Waals surface area contributed by atoms with Gasteiger partial charge < -0.3 is 9.31 Å². The highest BCUT2D eigenvalue weighted by Crippen LogP contribution is 2.40. The zero-order chi connectivity index (χ0) is 26.3. The van der Waals surface area contributed by atoms with Crippen LogP contribution in [-0.2, 0) is 12.8 Å². The first-order chi connectivity index (χ1) is 19.2. The van der Waals surface area contributed by atoms with Crippen molar-refractivity contribution in [3.8, 4) is 11.5 Å². The van der Waals surface area contributed by atoms with Crippen molar-refractivity contribution in [1.82, 2.24) is 0 Å². The molecular weight excluding hydrogens is 475 g/mol. The Morgan fingerprint density at radius 3 is 1.51 bits per heavy atom. The molecule has 0 saturated carbocycles. The molecule has 4 aromatic carbocycles. The van der Waals surface area contributed by atoms with E-state index < -0.39 is 7.12 Å². The van der Waals surface area contributed by atoms with E-state index in [1.54, 1.807) is 0 Å². The fraction of sp³-hybridized carbons (Fsp3) is 0.222. The summed E-state index contributed by atoms with van der Waals surface area (Å²) in [6.45, 7) is 4.31. The molecule has 2 aliphatic carbocycles.